The highest BCUT2D eigenvalue weighted by Gasteiger charge is 2.62. The minimum atomic E-state index is 0.0932. The van der Waals surface area contributed by atoms with Gasteiger partial charge in [-0.2, -0.15) is 0 Å². The van der Waals surface area contributed by atoms with Crippen molar-refractivity contribution in [2.24, 2.45) is 23.7 Å². The highest BCUT2D eigenvalue weighted by molar-refractivity contribution is 6.07. The van der Waals surface area contributed by atoms with Crippen LogP contribution in [0.3, 0.4) is 0 Å². The molecule has 0 unspecified atom stereocenters. The standard InChI is InChI=1S/C50H38N2/c1-2-11-33(12-3-1)48-49(52-46-19-7-6-18-45(46)51-48)43-17-9-15-39-37(14-8-16-40(39)43)34-21-22-41-42-23-20-32-10-4-5-13-38(32)47(42)50(44(41)29-34)35-25-30-24-31(27-35)28-36(50)26-30/h1-23,29-31,35-36H,24-28H2. The lowest BCUT2D eigenvalue weighted by Crippen LogP contribution is -2.55. The molecule has 2 heteroatoms. The van der Waals surface area contributed by atoms with Crippen molar-refractivity contribution in [3.8, 4) is 44.8 Å². The predicted octanol–water partition coefficient (Wildman–Crippen LogP) is 12.7. The normalized spacial score (nSPS) is 23.8. The first-order valence-electron chi connectivity index (χ1n) is 19.3. The number of hydrogen-bond donors (Lipinski definition) is 0. The fraction of sp³-hybridized carbons (Fsp3) is 0.200. The second-order valence-electron chi connectivity index (χ2n) is 16.1. The molecule has 1 aromatic heterocycles. The second-order valence-corrected chi connectivity index (χ2v) is 16.1. The maximum atomic E-state index is 5.31. The Morgan fingerprint density at radius 2 is 1.04 bits per heavy atom. The van der Waals surface area contributed by atoms with Gasteiger partial charge >= 0.3 is 0 Å². The monoisotopic (exact) mass is 666 g/mol. The van der Waals surface area contributed by atoms with E-state index in [1.165, 1.54) is 75.9 Å². The van der Waals surface area contributed by atoms with Crippen LogP contribution in [-0.2, 0) is 5.41 Å². The Labute approximate surface area is 304 Å². The van der Waals surface area contributed by atoms with Crippen molar-refractivity contribution >= 4 is 32.6 Å². The van der Waals surface area contributed by atoms with Gasteiger partial charge in [-0.25, -0.2) is 9.97 Å². The molecule has 4 bridgehead atoms. The van der Waals surface area contributed by atoms with Crippen LogP contribution in [0.5, 0.6) is 0 Å². The van der Waals surface area contributed by atoms with Crippen molar-refractivity contribution < 1.29 is 0 Å². The zero-order valence-corrected chi connectivity index (χ0v) is 29.1. The Kier molecular flexibility index (Phi) is 5.98. The molecule has 5 aliphatic carbocycles. The number of para-hydroxylation sites is 2. The lowest BCUT2D eigenvalue weighted by molar-refractivity contribution is -0.0393. The molecule has 0 saturated heterocycles. The van der Waals surface area contributed by atoms with Crippen molar-refractivity contribution in [1.29, 1.82) is 0 Å². The highest BCUT2D eigenvalue weighted by Crippen LogP contribution is 2.70. The van der Waals surface area contributed by atoms with Crippen LogP contribution in [0.15, 0.2) is 146 Å². The Morgan fingerprint density at radius 3 is 1.81 bits per heavy atom. The molecule has 8 aromatic rings. The van der Waals surface area contributed by atoms with Gasteiger partial charge < -0.3 is 0 Å². The summed E-state index contributed by atoms with van der Waals surface area (Å²) in [6, 6.07) is 53.9. The average molecular weight is 667 g/mol. The fourth-order valence-electron chi connectivity index (χ4n) is 11.9. The molecule has 0 N–H and O–H groups in total. The van der Waals surface area contributed by atoms with E-state index in [1.807, 2.05) is 6.07 Å². The van der Waals surface area contributed by atoms with Crippen LogP contribution >= 0.6 is 0 Å². The van der Waals surface area contributed by atoms with E-state index in [0.29, 0.717) is 11.8 Å². The van der Waals surface area contributed by atoms with Crippen LogP contribution in [0.1, 0.15) is 43.2 Å². The van der Waals surface area contributed by atoms with Crippen molar-refractivity contribution in [2.75, 3.05) is 0 Å². The molecule has 248 valence electrons. The first kappa shape index (κ1) is 29.0. The Balaban J connectivity index is 1.08. The van der Waals surface area contributed by atoms with Crippen molar-refractivity contribution in [1.82, 2.24) is 9.97 Å². The molecule has 0 atom stereocenters. The lowest BCUT2D eigenvalue weighted by Gasteiger charge is -2.61. The van der Waals surface area contributed by atoms with E-state index in [1.54, 1.807) is 11.1 Å². The summed E-state index contributed by atoms with van der Waals surface area (Å²) in [5, 5.41) is 5.33. The van der Waals surface area contributed by atoms with Gasteiger partial charge in [-0.05, 0) is 129 Å². The molecule has 1 spiro atoms. The third-order valence-corrected chi connectivity index (χ3v) is 13.6. The largest absolute Gasteiger partial charge is 0.244 e. The molecular formula is C50H38N2. The van der Waals surface area contributed by atoms with E-state index >= 15 is 0 Å². The first-order valence-corrected chi connectivity index (χ1v) is 19.3. The number of nitrogens with zero attached hydrogens (tertiary/aromatic N) is 2. The quantitative estimate of drug-likeness (QED) is 0.188. The van der Waals surface area contributed by atoms with Gasteiger partial charge in [0.25, 0.3) is 0 Å². The number of fused-ring (bicyclic) bond motifs is 7. The third-order valence-electron chi connectivity index (χ3n) is 13.6. The maximum Gasteiger partial charge on any atom is 0.0979 e. The fourth-order valence-corrected chi connectivity index (χ4v) is 11.9. The summed E-state index contributed by atoms with van der Waals surface area (Å²) in [5.74, 6) is 3.25. The van der Waals surface area contributed by atoms with Crippen LogP contribution in [0.4, 0.5) is 0 Å². The van der Waals surface area contributed by atoms with Gasteiger partial charge in [0.2, 0.25) is 0 Å². The summed E-state index contributed by atoms with van der Waals surface area (Å²) in [5.41, 5.74) is 14.8. The van der Waals surface area contributed by atoms with Gasteiger partial charge in [0, 0.05) is 16.5 Å². The predicted molar refractivity (Wildman–Crippen MR) is 214 cm³/mol. The van der Waals surface area contributed by atoms with Gasteiger partial charge in [0.15, 0.2) is 0 Å². The average Bonchev–Trinajstić information content (AvgIpc) is 3.49. The smallest absolute Gasteiger partial charge is 0.0979 e. The Hall–Kier alpha value is -5.60. The Morgan fingerprint density at radius 1 is 0.423 bits per heavy atom. The summed E-state index contributed by atoms with van der Waals surface area (Å²) in [4.78, 5) is 10.5. The molecule has 52 heavy (non-hydrogen) atoms. The van der Waals surface area contributed by atoms with Crippen LogP contribution in [0, 0.1) is 23.7 Å². The van der Waals surface area contributed by atoms with Crippen LogP contribution in [0.2, 0.25) is 0 Å². The molecule has 0 amide bonds. The van der Waals surface area contributed by atoms with E-state index < -0.39 is 0 Å². The van der Waals surface area contributed by atoms with Gasteiger partial charge in [-0.3, -0.25) is 0 Å². The summed E-state index contributed by atoms with van der Waals surface area (Å²) in [7, 11) is 0. The van der Waals surface area contributed by atoms with Crippen LogP contribution < -0.4 is 0 Å². The van der Waals surface area contributed by atoms with E-state index in [2.05, 4.69) is 140 Å². The molecule has 13 rings (SSSR count). The first-order chi connectivity index (χ1) is 25.7. The zero-order chi connectivity index (χ0) is 34.0. The van der Waals surface area contributed by atoms with Gasteiger partial charge in [0.1, 0.15) is 0 Å². The molecule has 0 aliphatic heterocycles. The van der Waals surface area contributed by atoms with E-state index in [9.17, 15) is 0 Å². The summed E-state index contributed by atoms with van der Waals surface area (Å²) in [6.07, 6.45) is 6.99. The number of aromatic nitrogens is 2. The van der Waals surface area contributed by atoms with Gasteiger partial charge in [-0.15, -0.1) is 0 Å². The summed E-state index contributed by atoms with van der Waals surface area (Å²) >= 11 is 0. The molecule has 4 saturated carbocycles. The minimum Gasteiger partial charge on any atom is -0.244 e. The maximum absolute atomic E-state index is 5.31. The molecule has 4 fully saturated rings. The van der Waals surface area contributed by atoms with Gasteiger partial charge in [-0.1, -0.05) is 127 Å². The second kappa shape index (κ2) is 10.7. The van der Waals surface area contributed by atoms with E-state index in [0.717, 1.165) is 45.4 Å². The van der Waals surface area contributed by atoms with Crippen LogP contribution in [-0.4, -0.2) is 9.97 Å². The van der Waals surface area contributed by atoms with Gasteiger partial charge in [0.05, 0.1) is 22.4 Å². The minimum absolute atomic E-state index is 0.0932. The lowest BCUT2D eigenvalue weighted by atomic mass is 9.43. The number of hydrogen-bond acceptors (Lipinski definition) is 2. The van der Waals surface area contributed by atoms with E-state index in [4.69, 9.17) is 9.97 Å². The third kappa shape index (κ3) is 3.90. The topological polar surface area (TPSA) is 25.8 Å². The number of rotatable bonds is 3. The molecule has 2 nitrogen and oxygen atoms in total. The number of benzene rings is 7. The Bertz CT molecular complexity index is 2730. The molecule has 7 aromatic carbocycles. The molecule has 5 aliphatic rings. The van der Waals surface area contributed by atoms with Crippen molar-refractivity contribution in [3.63, 3.8) is 0 Å². The summed E-state index contributed by atoms with van der Waals surface area (Å²) in [6.45, 7) is 0. The van der Waals surface area contributed by atoms with Crippen molar-refractivity contribution in [3.05, 3.63) is 157 Å². The van der Waals surface area contributed by atoms with Crippen molar-refractivity contribution in [2.45, 2.75) is 37.5 Å². The summed E-state index contributed by atoms with van der Waals surface area (Å²) < 4.78 is 0. The zero-order valence-electron chi connectivity index (χ0n) is 29.1. The SMILES string of the molecule is c1ccc(-c2nc3ccccc3nc2-c2cccc3c(-c4ccc5c(c4)C4(c6c-5ccc5ccccc65)C5CC6CC(C5)CC4C6)cccc23)cc1. The highest BCUT2D eigenvalue weighted by atomic mass is 14.8. The molecule has 0 radical (unpaired) electrons. The van der Waals surface area contributed by atoms with Crippen LogP contribution in [0.25, 0.3) is 77.3 Å². The molecule has 1 heterocycles. The molecular weight excluding hydrogens is 629 g/mol. The van der Waals surface area contributed by atoms with E-state index in [-0.39, 0.29) is 5.41 Å².